The van der Waals surface area contributed by atoms with Crippen molar-refractivity contribution in [3.63, 3.8) is 0 Å². The average molecular weight is 208 g/mol. The van der Waals surface area contributed by atoms with Gasteiger partial charge in [0.25, 0.3) is 0 Å². The van der Waals surface area contributed by atoms with Crippen LogP contribution in [0.1, 0.15) is 37.9 Å². The van der Waals surface area contributed by atoms with Crippen LogP contribution in [0.15, 0.2) is 24.3 Å². The molecule has 0 radical (unpaired) electrons. The predicted molar refractivity (Wildman–Crippen MR) is 62.3 cm³/mol. The smallest absolute Gasteiger partial charge is 0.124 e. The summed E-state index contributed by atoms with van der Waals surface area (Å²) in [5.74, 6) is 0.917. The maximum absolute atomic E-state index is 5.50. The summed E-state index contributed by atoms with van der Waals surface area (Å²) < 4.78 is 10.8. The fraction of sp³-hybridized carbons (Fsp3) is 0.538. The highest BCUT2D eigenvalue weighted by atomic mass is 16.5. The van der Waals surface area contributed by atoms with E-state index in [2.05, 4.69) is 13.0 Å². The van der Waals surface area contributed by atoms with Crippen LogP contribution in [0.4, 0.5) is 0 Å². The second-order valence-corrected chi connectivity index (χ2v) is 3.61. The monoisotopic (exact) mass is 208 g/mol. The van der Waals surface area contributed by atoms with E-state index in [1.165, 1.54) is 12.8 Å². The number of para-hydroxylation sites is 1. The Kier molecular flexibility index (Phi) is 5.19. The Morgan fingerprint density at radius 2 is 1.93 bits per heavy atom. The zero-order chi connectivity index (χ0) is 11.1. The molecule has 1 atom stereocenters. The van der Waals surface area contributed by atoms with Gasteiger partial charge in [-0.3, -0.25) is 0 Å². The Bertz CT molecular complexity index is 284. The third-order valence-corrected chi connectivity index (χ3v) is 2.59. The van der Waals surface area contributed by atoms with Gasteiger partial charge in [-0.1, -0.05) is 38.0 Å². The van der Waals surface area contributed by atoms with Gasteiger partial charge in [0.2, 0.25) is 0 Å². The van der Waals surface area contributed by atoms with E-state index >= 15 is 0 Å². The van der Waals surface area contributed by atoms with Crippen LogP contribution in [0.5, 0.6) is 5.75 Å². The molecule has 0 heterocycles. The lowest BCUT2D eigenvalue weighted by atomic mass is 10.0. The first-order chi connectivity index (χ1) is 7.33. The minimum atomic E-state index is 0.154. The Labute approximate surface area is 92.2 Å². The molecule has 0 aliphatic rings. The molecule has 15 heavy (non-hydrogen) atoms. The summed E-state index contributed by atoms with van der Waals surface area (Å²) in [6, 6.07) is 8.06. The summed E-state index contributed by atoms with van der Waals surface area (Å²) in [5, 5.41) is 0. The van der Waals surface area contributed by atoms with Crippen LogP contribution in [0.3, 0.4) is 0 Å². The first-order valence-electron chi connectivity index (χ1n) is 5.49. The molecule has 0 N–H and O–H groups in total. The van der Waals surface area contributed by atoms with Gasteiger partial charge in [0.05, 0.1) is 13.2 Å². The molecule has 0 saturated carbocycles. The highest BCUT2D eigenvalue weighted by molar-refractivity contribution is 5.35. The molecule has 0 aliphatic heterocycles. The molecule has 0 aliphatic carbocycles. The van der Waals surface area contributed by atoms with Gasteiger partial charge in [-0.05, 0) is 12.5 Å². The number of benzene rings is 1. The largest absolute Gasteiger partial charge is 0.496 e. The van der Waals surface area contributed by atoms with Gasteiger partial charge in [-0.15, -0.1) is 0 Å². The average Bonchev–Trinajstić information content (AvgIpc) is 2.30. The summed E-state index contributed by atoms with van der Waals surface area (Å²) >= 11 is 0. The molecule has 0 fully saturated rings. The van der Waals surface area contributed by atoms with E-state index < -0.39 is 0 Å². The van der Waals surface area contributed by atoms with Crippen molar-refractivity contribution in [1.82, 2.24) is 0 Å². The van der Waals surface area contributed by atoms with Gasteiger partial charge in [-0.25, -0.2) is 0 Å². The van der Waals surface area contributed by atoms with Crippen molar-refractivity contribution >= 4 is 0 Å². The van der Waals surface area contributed by atoms with Crippen LogP contribution >= 0.6 is 0 Å². The third-order valence-electron chi connectivity index (χ3n) is 2.59. The molecule has 0 bridgehead atoms. The summed E-state index contributed by atoms with van der Waals surface area (Å²) in [7, 11) is 3.46. The molecule has 1 aromatic rings. The SMILES string of the molecule is CCCCC(OC)c1ccccc1OC. The quantitative estimate of drug-likeness (QED) is 0.711. The normalized spacial score (nSPS) is 12.5. The Hall–Kier alpha value is -1.02. The fourth-order valence-corrected chi connectivity index (χ4v) is 1.72. The van der Waals surface area contributed by atoms with Crippen LogP contribution in [0.2, 0.25) is 0 Å². The van der Waals surface area contributed by atoms with E-state index in [1.807, 2.05) is 18.2 Å². The zero-order valence-electron chi connectivity index (χ0n) is 9.82. The summed E-state index contributed by atoms with van der Waals surface area (Å²) in [6.07, 6.45) is 3.57. The van der Waals surface area contributed by atoms with Crippen LogP contribution in [0.25, 0.3) is 0 Å². The summed E-state index contributed by atoms with van der Waals surface area (Å²) in [5.41, 5.74) is 1.15. The molecule has 1 unspecified atom stereocenters. The fourth-order valence-electron chi connectivity index (χ4n) is 1.72. The van der Waals surface area contributed by atoms with Crippen molar-refractivity contribution in [2.24, 2.45) is 0 Å². The minimum absolute atomic E-state index is 0.154. The number of rotatable bonds is 6. The second kappa shape index (κ2) is 6.46. The first-order valence-corrected chi connectivity index (χ1v) is 5.49. The van der Waals surface area contributed by atoms with Crippen LogP contribution in [-0.4, -0.2) is 14.2 Å². The number of hydrogen-bond acceptors (Lipinski definition) is 2. The van der Waals surface area contributed by atoms with E-state index in [0.29, 0.717) is 0 Å². The Balaban J connectivity index is 2.80. The topological polar surface area (TPSA) is 18.5 Å². The molecule has 84 valence electrons. The molecule has 1 aromatic carbocycles. The van der Waals surface area contributed by atoms with Crippen LogP contribution in [0, 0.1) is 0 Å². The maximum atomic E-state index is 5.50. The summed E-state index contributed by atoms with van der Waals surface area (Å²) in [6.45, 7) is 2.19. The molecule has 1 rings (SSSR count). The predicted octanol–water partition coefficient (Wildman–Crippen LogP) is 3.57. The second-order valence-electron chi connectivity index (χ2n) is 3.61. The molecular formula is C13H20O2. The number of unbranched alkanes of at least 4 members (excludes halogenated alkanes) is 1. The molecule has 0 aromatic heterocycles. The van der Waals surface area contributed by atoms with E-state index in [9.17, 15) is 0 Å². The number of ether oxygens (including phenoxy) is 2. The van der Waals surface area contributed by atoms with Gasteiger partial charge >= 0.3 is 0 Å². The van der Waals surface area contributed by atoms with Crippen molar-refractivity contribution in [3.05, 3.63) is 29.8 Å². The van der Waals surface area contributed by atoms with Gasteiger partial charge in [0.1, 0.15) is 5.75 Å². The van der Waals surface area contributed by atoms with Gasteiger partial charge in [-0.2, -0.15) is 0 Å². The number of hydrogen-bond donors (Lipinski definition) is 0. The minimum Gasteiger partial charge on any atom is -0.496 e. The van der Waals surface area contributed by atoms with Crippen molar-refractivity contribution in [3.8, 4) is 5.75 Å². The Morgan fingerprint density at radius 1 is 1.20 bits per heavy atom. The molecule has 2 heteroatoms. The molecule has 0 amide bonds. The van der Waals surface area contributed by atoms with Crippen molar-refractivity contribution in [1.29, 1.82) is 0 Å². The third kappa shape index (κ3) is 3.24. The highest BCUT2D eigenvalue weighted by Gasteiger charge is 2.13. The number of methoxy groups -OCH3 is 2. The van der Waals surface area contributed by atoms with Crippen molar-refractivity contribution in [2.45, 2.75) is 32.3 Å². The molecule has 0 spiro atoms. The van der Waals surface area contributed by atoms with Crippen molar-refractivity contribution in [2.75, 3.05) is 14.2 Å². The van der Waals surface area contributed by atoms with Gasteiger partial charge in [0.15, 0.2) is 0 Å². The first kappa shape index (κ1) is 12.1. The van der Waals surface area contributed by atoms with Gasteiger partial charge < -0.3 is 9.47 Å². The lowest BCUT2D eigenvalue weighted by Gasteiger charge is -2.18. The molecule has 2 nitrogen and oxygen atoms in total. The van der Waals surface area contributed by atoms with E-state index in [-0.39, 0.29) is 6.10 Å². The maximum Gasteiger partial charge on any atom is 0.124 e. The molecule has 0 saturated heterocycles. The Morgan fingerprint density at radius 3 is 2.53 bits per heavy atom. The van der Waals surface area contributed by atoms with Crippen LogP contribution in [-0.2, 0) is 4.74 Å². The molecular weight excluding hydrogens is 188 g/mol. The van der Waals surface area contributed by atoms with Crippen LogP contribution < -0.4 is 4.74 Å². The van der Waals surface area contributed by atoms with E-state index in [1.54, 1.807) is 14.2 Å². The van der Waals surface area contributed by atoms with Gasteiger partial charge in [0, 0.05) is 12.7 Å². The lowest BCUT2D eigenvalue weighted by molar-refractivity contribution is 0.0912. The highest BCUT2D eigenvalue weighted by Crippen LogP contribution is 2.30. The standard InChI is InChI=1S/C13H20O2/c1-4-5-9-12(14-2)11-8-6-7-10-13(11)15-3/h6-8,10,12H,4-5,9H2,1-3H3. The van der Waals surface area contributed by atoms with Crippen molar-refractivity contribution < 1.29 is 9.47 Å². The summed E-state index contributed by atoms with van der Waals surface area (Å²) in [4.78, 5) is 0. The zero-order valence-corrected chi connectivity index (χ0v) is 9.82. The van der Waals surface area contributed by atoms with E-state index in [0.717, 1.165) is 17.7 Å². The van der Waals surface area contributed by atoms with E-state index in [4.69, 9.17) is 9.47 Å². The lowest BCUT2D eigenvalue weighted by Crippen LogP contribution is -2.03.